The van der Waals surface area contributed by atoms with E-state index in [9.17, 15) is 4.79 Å². The number of carbonyl (C=O) groups is 1. The van der Waals surface area contributed by atoms with Crippen LogP contribution in [-0.2, 0) is 9.47 Å². The summed E-state index contributed by atoms with van der Waals surface area (Å²) in [6.45, 7) is 2.76. The van der Waals surface area contributed by atoms with Crippen molar-refractivity contribution in [2.75, 3.05) is 45.4 Å². The summed E-state index contributed by atoms with van der Waals surface area (Å²) in [5, 5.41) is 9.22. The fourth-order valence-electron chi connectivity index (χ4n) is 1.85. The van der Waals surface area contributed by atoms with Crippen LogP contribution in [0.25, 0.3) is 0 Å². The van der Waals surface area contributed by atoms with Crippen molar-refractivity contribution in [2.24, 2.45) is 0 Å². The topological polar surface area (TPSA) is 59.0 Å². The van der Waals surface area contributed by atoms with Gasteiger partial charge >= 0.3 is 5.97 Å². The number of carboxylic acids is 1. The molecule has 0 spiro atoms. The summed E-state index contributed by atoms with van der Waals surface area (Å²) in [5.74, 6) is -1.02. The zero-order chi connectivity index (χ0) is 15.0. The van der Waals surface area contributed by atoms with Crippen molar-refractivity contribution < 1.29 is 19.4 Å². The molecule has 5 nitrogen and oxygen atoms in total. The van der Waals surface area contributed by atoms with Gasteiger partial charge in [-0.25, -0.2) is 4.79 Å². The number of anilines is 1. The van der Waals surface area contributed by atoms with Gasteiger partial charge in [-0.1, -0.05) is 11.6 Å². The number of hydrogen-bond donors (Lipinski definition) is 1. The minimum atomic E-state index is -1.02. The fourth-order valence-corrected chi connectivity index (χ4v) is 2.10. The van der Waals surface area contributed by atoms with Crippen molar-refractivity contribution in [2.45, 2.75) is 6.42 Å². The number of aromatic carboxylic acids is 1. The average molecular weight is 302 g/mol. The van der Waals surface area contributed by atoms with Crippen LogP contribution < -0.4 is 4.90 Å². The van der Waals surface area contributed by atoms with E-state index < -0.39 is 5.97 Å². The maximum atomic E-state index is 11.0. The molecule has 0 unspecified atom stereocenters. The van der Waals surface area contributed by atoms with E-state index in [-0.39, 0.29) is 10.6 Å². The molecule has 0 saturated heterocycles. The predicted octanol–water partition coefficient (Wildman–Crippen LogP) is 2.53. The SMILES string of the molecule is COCCCN(CCOC)c1ccc(C(=O)O)c(Cl)c1. The van der Waals surface area contributed by atoms with Crippen molar-refractivity contribution in [1.29, 1.82) is 0 Å². The van der Waals surface area contributed by atoms with Crippen LogP contribution in [0.15, 0.2) is 18.2 Å². The number of ether oxygens (including phenoxy) is 2. The smallest absolute Gasteiger partial charge is 0.337 e. The second-order valence-corrected chi connectivity index (χ2v) is 4.70. The highest BCUT2D eigenvalue weighted by molar-refractivity contribution is 6.33. The number of rotatable bonds is 9. The highest BCUT2D eigenvalue weighted by Crippen LogP contribution is 2.24. The lowest BCUT2D eigenvalue weighted by Crippen LogP contribution is -2.29. The quantitative estimate of drug-likeness (QED) is 0.710. The van der Waals surface area contributed by atoms with E-state index in [1.807, 2.05) is 0 Å². The lowest BCUT2D eigenvalue weighted by Gasteiger charge is -2.25. The first kappa shape index (κ1) is 16.8. The van der Waals surface area contributed by atoms with E-state index in [2.05, 4.69) is 4.90 Å². The van der Waals surface area contributed by atoms with Gasteiger partial charge in [-0.2, -0.15) is 0 Å². The summed E-state index contributed by atoms with van der Waals surface area (Å²) >= 11 is 6.00. The van der Waals surface area contributed by atoms with Crippen molar-refractivity contribution in [3.8, 4) is 0 Å². The second-order valence-electron chi connectivity index (χ2n) is 4.30. The summed E-state index contributed by atoms with van der Waals surface area (Å²) in [5.41, 5.74) is 0.993. The third kappa shape index (κ3) is 5.00. The molecule has 0 amide bonds. The monoisotopic (exact) mass is 301 g/mol. The average Bonchev–Trinajstić information content (AvgIpc) is 2.42. The van der Waals surface area contributed by atoms with Crippen molar-refractivity contribution in [3.05, 3.63) is 28.8 Å². The Balaban J connectivity index is 2.83. The third-order valence-electron chi connectivity index (χ3n) is 2.89. The molecule has 1 aromatic rings. The van der Waals surface area contributed by atoms with Gasteiger partial charge in [0.15, 0.2) is 0 Å². The van der Waals surface area contributed by atoms with Crippen LogP contribution in [0.1, 0.15) is 16.8 Å². The summed E-state index contributed by atoms with van der Waals surface area (Å²) in [4.78, 5) is 13.0. The molecule has 0 radical (unpaired) electrons. The van der Waals surface area contributed by atoms with E-state index in [1.54, 1.807) is 26.4 Å². The molecular formula is C14H20ClNO4. The van der Waals surface area contributed by atoms with E-state index in [0.717, 1.165) is 18.7 Å². The van der Waals surface area contributed by atoms with Crippen LogP contribution in [0.4, 0.5) is 5.69 Å². The van der Waals surface area contributed by atoms with Crippen molar-refractivity contribution in [1.82, 2.24) is 0 Å². The molecule has 0 atom stereocenters. The van der Waals surface area contributed by atoms with Gasteiger partial charge in [0.2, 0.25) is 0 Å². The lowest BCUT2D eigenvalue weighted by molar-refractivity contribution is 0.0697. The van der Waals surface area contributed by atoms with Crippen LogP contribution in [0, 0.1) is 0 Å². The molecular weight excluding hydrogens is 282 g/mol. The Hall–Kier alpha value is -1.30. The Morgan fingerprint density at radius 2 is 1.95 bits per heavy atom. The highest BCUT2D eigenvalue weighted by Gasteiger charge is 2.12. The minimum Gasteiger partial charge on any atom is -0.478 e. The van der Waals surface area contributed by atoms with Gasteiger partial charge in [0.05, 0.1) is 17.2 Å². The lowest BCUT2D eigenvalue weighted by atomic mass is 10.2. The van der Waals surface area contributed by atoms with Gasteiger partial charge in [0.25, 0.3) is 0 Å². The summed E-state index contributed by atoms with van der Waals surface area (Å²) in [7, 11) is 3.31. The van der Waals surface area contributed by atoms with Gasteiger partial charge < -0.3 is 19.5 Å². The number of methoxy groups -OCH3 is 2. The first-order valence-electron chi connectivity index (χ1n) is 6.35. The summed E-state index contributed by atoms with van der Waals surface area (Å²) in [6, 6.07) is 4.96. The molecule has 0 bridgehead atoms. The second kappa shape index (κ2) is 8.79. The van der Waals surface area contributed by atoms with Gasteiger partial charge in [-0.3, -0.25) is 0 Å². The van der Waals surface area contributed by atoms with Crippen LogP contribution in [0.3, 0.4) is 0 Å². The van der Waals surface area contributed by atoms with E-state index in [1.165, 1.54) is 6.07 Å². The number of hydrogen-bond acceptors (Lipinski definition) is 4. The van der Waals surface area contributed by atoms with Gasteiger partial charge in [0, 0.05) is 39.6 Å². The standard InChI is InChI=1S/C14H20ClNO4/c1-19-8-3-6-16(7-9-20-2)11-4-5-12(14(17)18)13(15)10-11/h4-5,10H,3,6-9H2,1-2H3,(H,17,18). The number of halogens is 1. The summed E-state index contributed by atoms with van der Waals surface area (Å²) in [6.07, 6.45) is 0.874. The molecule has 1 N–H and O–H groups in total. The highest BCUT2D eigenvalue weighted by atomic mass is 35.5. The van der Waals surface area contributed by atoms with Crippen LogP contribution in [0.5, 0.6) is 0 Å². The van der Waals surface area contributed by atoms with Crippen LogP contribution in [-0.4, -0.2) is 51.6 Å². The largest absolute Gasteiger partial charge is 0.478 e. The molecule has 112 valence electrons. The molecule has 0 aliphatic heterocycles. The number of nitrogens with zero attached hydrogens (tertiary/aromatic N) is 1. The zero-order valence-corrected chi connectivity index (χ0v) is 12.5. The van der Waals surface area contributed by atoms with E-state index in [0.29, 0.717) is 19.8 Å². The van der Waals surface area contributed by atoms with Crippen molar-refractivity contribution >= 4 is 23.3 Å². The fraction of sp³-hybridized carbons (Fsp3) is 0.500. The Labute approximate surface area is 124 Å². The zero-order valence-electron chi connectivity index (χ0n) is 11.8. The summed E-state index contributed by atoms with van der Waals surface area (Å²) < 4.78 is 10.1. The predicted molar refractivity (Wildman–Crippen MR) is 79.0 cm³/mol. The van der Waals surface area contributed by atoms with E-state index in [4.69, 9.17) is 26.2 Å². The van der Waals surface area contributed by atoms with Crippen LogP contribution >= 0.6 is 11.6 Å². The normalized spacial score (nSPS) is 10.6. The molecule has 1 aromatic carbocycles. The molecule has 6 heteroatoms. The molecule has 0 aliphatic carbocycles. The Morgan fingerprint density at radius 1 is 1.25 bits per heavy atom. The molecule has 0 aliphatic rings. The first-order chi connectivity index (χ1) is 9.60. The van der Waals surface area contributed by atoms with Gasteiger partial charge in [-0.15, -0.1) is 0 Å². The Bertz CT molecular complexity index is 439. The Morgan fingerprint density at radius 3 is 2.50 bits per heavy atom. The van der Waals surface area contributed by atoms with E-state index >= 15 is 0 Å². The molecule has 1 rings (SSSR count). The molecule has 0 saturated carbocycles. The Kier molecular flexibility index (Phi) is 7.36. The minimum absolute atomic E-state index is 0.110. The maximum absolute atomic E-state index is 11.0. The molecule has 0 aromatic heterocycles. The van der Waals surface area contributed by atoms with Crippen molar-refractivity contribution in [3.63, 3.8) is 0 Å². The molecule has 20 heavy (non-hydrogen) atoms. The number of benzene rings is 1. The third-order valence-corrected chi connectivity index (χ3v) is 3.20. The molecule has 0 heterocycles. The van der Waals surface area contributed by atoms with Gasteiger partial charge in [-0.05, 0) is 24.6 Å². The number of carboxylic acid groups (broad SMARTS) is 1. The maximum Gasteiger partial charge on any atom is 0.337 e. The van der Waals surface area contributed by atoms with Gasteiger partial charge in [0.1, 0.15) is 0 Å². The first-order valence-corrected chi connectivity index (χ1v) is 6.73. The van der Waals surface area contributed by atoms with Crippen LogP contribution in [0.2, 0.25) is 5.02 Å². The molecule has 0 fully saturated rings.